The van der Waals surface area contributed by atoms with Gasteiger partial charge < -0.3 is 15.0 Å². The predicted molar refractivity (Wildman–Crippen MR) is 117 cm³/mol. The van der Waals surface area contributed by atoms with Crippen LogP contribution >= 0.6 is 0 Å². The van der Waals surface area contributed by atoms with Crippen molar-refractivity contribution in [2.24, 2.45) is 5.10 Å². The number of morpholine rings is 1. The van der Waals surface area contributed by atoms with Crippen LogP contribution in [0, 0.1) is 10.1 Å². The number of nitrogens with zero attached hydrogens (tertiary/aromatic N) is 6. The molecule has 2 heterocycles. The second-order valence-corrected chi connectivity index (χ2v) is 6.56. The normalized spacial score (nSPS) is 13.9. The molecule has 158 valence electrons. The number of nitrogens with one attached hydrogen (secondary N) is 2. The molecule has 0 radical (unpaired) electrons. The smallest absolute Gasteiger partial charge is 0.278 e. The van der Waals surface area contributed by atoms with Crippen LogP contribution in [0.1, 0.15) is 5.56 Å². The molecule has 0 atom stereocenters. The van der Waals surface area contributed by atoms with Gasteiger partial charge >= 0.3 is 0 Å². The highest BCUT2D eigenvalue weighted by Crippen LogP contribution is 2.19. The Labute approximate surface area is 178 Å². The first-order valence-corrected chi connectivity index (χ1v) is 9.62. The van der Waals surface area contributed by atoms with E-state index in [4.69, 9.17) is 4.74 Å². The van der Waals surface area contributed by atoms with Gasteiger partial charge in [-0.05, 0) is 18.2 Å². The van der Waals surface area contributed by atoms with Gasteiger partial charge in [0.25, 0.3) is 5.69 Å². The van der Waals surface area contributed by atoms with Crippen LogP contribution < -0.4 is 15.6 Å². The molecule has 0 spiro atoms. The monoisotopic (exact) mass is 420 g/mol. The van der Waals surface area contributed by atoms with Crippen molar-refractivity contribution < 1.29 is 9.66 Å². The van der Waals surface area contributed by atoms with Gasteiger partial charge in [-0.2, -0.15) is 20.1 Å². The van der Waals surface area contributed by atoms with E-state index < -0.39 is 4.92 Å². The molecule has 0 unspecified atom stereocenters. The third-order valence-corrected chi connectivity index (χ3v) is 4.45. The lowest BCUT2D eigenvalue weighted by molar-refractivity contribution is -0.385. The molecule has 3 aromatic rings. The molecule has 1 aliphatic heterocycles. The maximum absolute atomic E-state index is 11.2. The Kier molecular flexibility index (Phi) is 6.24. The molecule has 0 aliphatic carbocycles. The molecule has 2 N–H and O–H groups in total. The fourth-order valence-corrected chi connectivity index (χ4v) is 2.95. The summed E-state index contributed by atoms with van der Waals surface area (Å²) in [6, 6.07) is 15.9. The summed E-state index contributed by atoms with van der Waals surface area (Å²) in [6.45, 7) is 2.50. The highest BCUT2D eigenvalue weighted by Gasteiger charge is 2.17. The minimum absolute atomic E-state index is 0.0378. The number of hydrazone groups is 1. The van der Waals surface area contributed by atoms with Crippen LogP contribution in [0.2, 0.25) is 0 Å². The summed E-state index contributed by atoms with van der Waals surface area (Å²) in [6.07, 6.45) is 1.36. The number of benzene rings is 2. The molecule has 1 fully saturated rings. The molecule has 1 aliphatic rings. The first kappa shape index (κ1) is 20.2. The Balaban J connectivity index is 1.58. The topological polar surface area (TPSA) is 131 Å². The molecular weight excluding hydrogens is 400 g/mol. The SMILES string of the molecule is O=[N+]([O-])c1ccccc1/C=N\Nc1nc(Nc2ccccc2)nc(N2CCOCC2)n1. The number of hydrogen-bond donors (Lipinski definition) is 2. The Bertz CT molecular complexity index is 1070. The Morgan fingerprint density at radius 2 is 1.71 bits per heavy atom. The standard InChI is InChI=1S/C20H20N8O3/c29-28(30)17-9-5-4-6-15(17)14-21-26-19-23-18(22-16-7-2-1-3-8-16)24-20(25-19)27-10-12-31-13-11-27/h1-9,14H,10-13H2,(H2,22,23,24,25,26)/b21-14-. The van der Waals surface area contributed by atoms with Gasteiger partial charge in [-0.3, -0.25) is 10.1 Å². The summed E-state index contributed by atoms with van der Waals surface area (Å²) in [5.41, 5.74) is 3.91. The van der Waals surface area contributed by atoms with Crippen molar-refractivity contribution in [3.63, 3.8) is 0 Å². The Morgan fingerprint density at radius 3 is 2.48 bits per heavy atom. The molecule has 11 heteroatoms. The van der Waals surface area contributed by atoms with E-state index in [1.54, 1.807) is 18.2 Å². The van der Waals surface area contributed by atoms with Crippen LogP contribution in [0.4, 0.5) is 29.2 Å². The van der Waals surface area contributed by atoms with Crippen LogP contribution in [-0.2, 0) is 4.74 Å². The van der Waals surface area contributed by atoms with Crippen molar-refractivity contribution in [3.05, 3.63) is 70.3 Å². The molecule has 11 nitrogen and oxygen atoms in total. The molecule has 0 saturated carbocycles. The van der Waals surface area contributed by atoms with Crippen LogP contribution in [-0.4, -0.2) is 52.4 Å². The largest absolute Gasteiger partial charge is 0.378 e. The maximum atomic E-state index is 11.2. The van der Waals surface area contributed by atoms with E-state index >= 15 is 0 Å². The minimum atomic E-state index is -0.456. The Morgan fingerprint density at radius 1 is 1.00 bits per heavy atom. The van der Waals surface area contributed by atoms with Gasteiger partial charge in [-0.1, -0.05) is 30.3 Å². The molecule has 0 amide bonds. The van der Waals surface area contributed by atoms with Crippen molar-refractivity contribution in [2.75, 3.05) is 41.9 Å². The van der Waals surface area contributed by atoms with Crippen molar-refractivity contribution in [1.29, 1.82) is 0 Å². The first-order chi connectivity index (χ1) is 15.2. The lowest BCUT2D eigenvalue weighted by Gasteiger charge is -2.27. The highest BCUT2D eigenvalue weighted by atomic mass is 16.6. The van der Waals surface area contributed by atoms with Gasteiger partial charge in [-0.15, -0.1) is 0 Å². The Hall–Kier alpha value is -4.12. The second kappa shape index (κ2) is 9.59. The maximum Gasteiger partial charge on any atom is 0.278 e. The summed E-state index contributed by atoms with van der Waals surface area (Å²) in [5.74, 6) is 1.05. The average Bonchev–Trinajstić information content (AvgIpc) is 2.80. The van der Waals surface area contributed by atoms with Gasteiger partial charge in [-0.25, -0.2) is 5.43 Å². The molecule has 4 rings (SSSR count). The van der Waals surface area contributed by atoms with E-state index in [2.05, 4.69) is 30.8 Å². The number of hydrogen-bond acceptors (Lipinski definition) is 10. The average molecular weight is 420 g/mol. The van der Waals surface area contributed by atoms with E-state index in [0.29, 0.717) is 43.8 Å². The molecule has 0 bridgehead atoms. The quantitative estimate of drug-likeness (QED) is 0.336. The third-order valence-electron chi connectivity index (χ3n) is 4.45. The summed E-state index contributed by atoms with van der Waals surface area (Å²) in [4.78, 5) is 26.0. The fourth-order valence-electron chi connectivity index (χ4n) is 2.95. The van der Waals surface area contributed by atoms with Crippen molar-refractivity contribution in [1.82, 2.24) is 15.0 Å². The summed E-state index contributed by atoms with van der Waals surface area (Å²) in [7, 11) is 0. The van der Waals surface area contributed by atoms with Crippen molar-refractivity contribution in [2.45, 2.75) is 0 Å². The van der Waals surface area contributed by atoms with E-state index in [9.17, 15) is 10.1 Å². The lowest BCUT2D eigenvalue weighted by Crippen LogP contribution is -2.37. The van der Waals surface area contributed by atoms with E-state index in [1.165, 1.54) is 12.3 Å². The fraction of sp³-hybridized carbons (Fsp3) is 0.200. The third kappa shape index (κ3) is 5.28. The number of aromatic nitrogens is 3. The van der Waals surface area contributed by atoms with Crippen LogP contribution in [0.3, 0.4) is 0 Å². The van der Waals surface area contributed by atoms with E-state index in [1.807, 2.05) is 35.2 Å². The van der Waals surface area contributed by atoms with Gasteiger partial charge in [0.2, 0.25) is 17.8 Å². The molecule has 31 heavy (non-hydrogen) atoms. The molecule has 1 saturated heterocycles. The minimum Gasteiger partial charge on any atom is -0.378 e. The molecule has 1 aromatic heterocycles. The zero-order valence-electron chi connectivity index (χ0n) is 16.5. The molecular formula is C20H20N8O3. The lowest BCUT2D eigenvalue weighted by atomic mass is 10.2. The number of ether oxygens (including phenoxy) is 1. The number of anilines is 4. The van der Waals surface area contributed by atoms with Gasteiger partial charge in [0.1, 0.15) is 0 Å². The first-order valence-electron chi connectivity index (χ1n) is 9.62. The van der Waals surface area contributed by atoms with Crippen LogP contribution in [0.5, 0.6) is 0 Å². The number of nitro groups is 1. The van der Waals surface area contributed by atoms with E-state index in [-0.39, 0.29) is 11.6 Å². The second-order valence-electron chi connectivity index (χ2n) is 6.56. The van der Waals surface area contributed by atoms with Gasteiger partial charge in [0.15, 0.2) is 0 Å². The van der Waals surface area contributed by atoms with Crippen LogP contribution in [0.25, 0.3) is 0 Å². The number of para-hydroxylation sites is 2. The summed E-state index contributed by atoms with van der Waals surface area (Å²) < 4.78 is 5.40. The van der Waals surface area contributed by atoms with Crippen molar-refractivity contribution >= 4 is 35.4 Å². The zero-order chi connectivity index (χ0) is 21.5. The molecule has 2 aromatic carbocycles. The highest BCUT2D eigenvalue weighted by molar-refractivity contribution is 5.85. The van der Waals surface area contributed by atoms with Gasteiger partial charge in [0, 0.05) is 24.8 Å². The van der Waals surface area contributed by atoms with Crippen LogP contribution in [0.15, 0.2) is 59.7 Å². The summed E-state index contributed by atoms with van der Waals surface area (Å²) >= 11 is 0. The zero-order valence-corrected chi connectivity index (χ0v) is 16.5. The van der Waals surface area contributed by atoms with E-state index in [0.717, 1.165) is 5.69 Å². The number of rotatable bonds is 7. The predicted octanol–water partition coefficient (Wildman–Crippen LogP) is 2.81. The van der Waals surface area contributed by atoms with Crippen molar-refractivity contribution in [3.8, 4) is 0 Å². The number of nitro benzene ring substituents is 1. The van der Waals surface area contributed by atoms with Gasteiger partial charge in [0.05, 0.1) is 29.9 Å². The summed E-state index contributed by atoms with van der Waals surface area (Å²) in [5, 5.41) is 18.4.